The number of aromatic nitrogens is 5. The van der Waals surface area contributed by atoms with E-state index < -0.39 is 32.3 Å². The minimum atomic E-state index is -4.50. The average Bonchev–Trinajstić information content (AvgIpc) is 3.44. The Kier molecular flexibility index (Phi) is 8.32. The molecular weight excluding hydrogens is 553 g/mol. The number of fused-ring (bicyclic) bond motifs is 1. The van der Waals surface area contributed by atoms with Crippen molar-refractivity contribution in [2.24, 2.45) is 0 Å². The molecule has 0 aliphatic rings. The first-order valence-corrected chi connectivity index (χ1v) is 16.9. The van der Waals surface area contributed by atoms with E-state index in [1.165, 1.54) is 15.5 Å². The summed E-state index contributed by atoms with van der Waals surface area (Å²) in [4.78, 5) is 15.5. The number of hydrogen-bond donors (Lipinski definition) is 2. The van der Waals surface area contributed by atoms with Gasteiger partial charge in [0.2, 0.25) is 0 Å². The zero-order chi connectivity index (χ0) is 30.2. The Bertz CT molecular complexity index is 1540. The summed E-state index contributed by atoms with van der Waals surface area (Å²) in [7, 11) is -1.39. The van der Waals surface area contributed by atoms with Crippen LogP contribution < -0.4 is 5.32 Å². The number of pyridine rings is 1. The first-order chi connectivity index (χ1) is 19.0. The first kappa shape index (κ1) is 30.3. The maximum absolute atomic E-state index is 14.0. The Morgan fingerprint density at radius 3 is 2.41 bits per heavy atom. The molecule has 0 saturated heterocycles. The standard InChI is InChI=1S/C28H35F3N6O3Si/c1-18-13-20(15-36-25(18)32-16-33-36)24-22(14-28(29,30)31)23(35-37(24)17-40-11-12-41(4,5)6)19-7-9-21(10-8-19)27(2,3)34-26(38)39/h7-10,13,15-16,34H,11-12,14,17H2,1-6H3,(H,38,39). The second kappa shape index (κ2) is 11.3. The minimum absolute atomic E-state index is 0.0147. The smallest absolute Gasteiger partial charge is 0.405 e. The predicted octanol–water partition coefficient (Wildman–Crippen LogP) is 6.49. The molecule has 4 aromatic rings. The second-order valence-electron chi connectivity index (χ2n) is 11.9. The van der Waals surface area contributed by atoms with E-state index in [-0.39, 0.29) is 18.0 Å². The number of carboxylic acid groups (broad SMARTS) is 1. The van der Waals surface area contributed by atoms with E-state index in [2.05, 4.69) is 40.1 Å². The van der Waals surface area contributed by atoms with Gasteiger partial charge in [-0.1, -0.05) is 43.9 Å². The van der Waals surface area contributed by atoms with E-state index in [4.69, 9.17) is 4.74 Å². The fourth-order valence-electron chi connectivity index (χ4n) is 4.65. The van der Waals surface area contributed by atoms with Crippen molar-refractivity contribution in [1.29, 1.82) is 0 Å². The van der Waals surface area contributed by atoms with E-state index in [0.29, 0.717) is 34.6 Å². The quantitative estimate of drug-likeness (QED) is 0.162. The highest BCUT2D eigenvalue weighted by molar-refractivity contribution is 6.76. The predicted molar refractivity (Wildman–Crippen MR) is 152 cm³/mol. The summed E-state index contributed by atoms with van der Waals surface area (Å²) in [5, 5.41) is 20.5. The number of halogens is 3. The second-order valence-corrected chi connectivity index (χ2v) is 17.5. The van der Waals surface area contributed by atoms with Crippen LogP contribution in [-0.4, -0.2) is 56.4 Å². The van der Waals surface area contributed by atoms with Crippen LogP contribution in [0.15, 0.2) is 42.9 Å². The molecule has 1 aromatic carbocycles. The highest BCUT2D eigenvalue weighted by Crippen LogP contribution is 2.38. The summed E-state index contributed by atoms with van der Waals surface area (Å²) in [5.74, 6) is 0. The van der Waals surface area contributed by atoms with Gasteiger partial charge in [-0.15, -0.1) is 0 Å². The van der Waals surface area contributed by atoms with Crippen LogP contribution in [-0.2, 0) is 23.4 Å². The van der Waals surface area contributed by atoms with E-state index in [0.717, 1.165) is 11.6 Å². The average molecular weight is 589 g/mol. The zero-order valence-electron chi connectivity index (χ0n) is 24.0. The van der Waals surface area contributed by atoms with Gasteiger partial charge in [-0.05, 0) is 44.0 Å². The van der Waals surface area contributed by atoms with Crippen molar-refractivity contribution in [3.8, 4) is 22.5 Å². The number of hydrogen-bond acceptors (Lipinski definition) is 5. The lowest BCUT2D eigenvalue weighted by atomic mass is 9.92. The summed E-state index contributed by atoms with van der Waals surface area (Å²) in [5.41, 5.74) is 2.58. The number of amides is 1. The Balaban J connectivity index is 1.85. The van der Waals surface area contributed by atoms with Crippen LogP contribution in [0.1, 0.15) is 30.5 Å². The maximum atomic E-state index is 14.0. The number of rotatable bonds is 10. The molecule has 2 N–H and O–H groups in total. The number of nitrogens with zero attached hydrogens (tertiary/aromatic N) is 5. The third-order valence-corrected chi connectivity index (χ3v) is 8.47. The van der Waals surface area contributed by atoms with Gasteiger partial charge in [0.1, 0.15) is 13.1 Å². The van der Waals surface area contributed by atoms with Crippen molar-refractivity contribution in [1.82, 2.24) is 29.7 Å². The molecule has 4 rings (SSSR count). The van der Waals surface area contributed by atoms with Crippen molar-refractivity contribution >= 4 is 19.8 Å². The van der Waals surface area contributed by atoms with Crippen molar-refractivity contribution in [2.45, 2.75) is 71.3 Å². The summed E-state index contributed by atoms with van der Waals surface area (Å²) < 4.78 is 51.1. The molecule has 41 heavy (non-hydrogen) atoms. The highest BCUT2D eigenvalue weighted by atomic mass is 28.3. The first-order valence-electron chi connectivity index (χ1n) is 13.2. The summed E-state index contributed by atoms with van der Waals surface area (Å²) >= 11 is 0. The van der Waals surface area contributed by atoms with Crippen LogP contribution in [0, 0.1) is 6.92 Å². The number of carbonyl (C=O) groups is 1. The third kappa shape index (κ3) is 7.33. The van der Waals surface area contributed by atoms with E-state index >= 15 is 0 Å². The van der Waals surface area contributed by atoms with Gasteiger partial charge in [-0.3, -0.25) is 0 Å². The van der Waals surface area contributed by atoms with Crippen LogP contribution in [0.25, 0.3) is 28.2 Å². The van der Waals surface area contributed by atoms with Gasteiger partial charge in [0.05, 0.1) is 23.3 Å². The minimum Gasteiger partial charge on any atom is -0.465 e. The Morgan fingerprint density at radius 2 is 1.80 bits per heavy atom. The number of alkyl halides is 3. The van der Waals surface area contributed by atoms with Crippen LogP contribution in [0.5, 0.6) is 0 Å². The number of benzene rings is 1. The SMILES string of the molecule is Cc1cc(-c2c(CC(F)(F)F)c(-c3ccc(C(C)(C)NC(=O)O)cc3)nn2COCC[Si](C)(C)C)cn2ncnc12. The lowest BCUT2D eigenvalue weighted by Gasteiger charge is -2.25. The van der Waals surface area contributed by atoms with E-state index in [9.17, 15) is 23.1 Å². The molecule has 1 amide bonds. The highest BCUT2D eigenvalue weighted by Gasteiger charge is 2.34. The monoisotopic (exact) mass is 588 g/mol. The molecule has 0 radical (unpaired) electrons. The lowest BCUT2D eigenvalue weighted by molar-refractivity contribution is -0.127. The molecule has 220 valence electrons. The summed E-state index contributed by atoms with van der Waals surface area (Å²) in [6.07, 6.45) is -3.83. The fraction of sp³-hybridized carbons (Fsp3) is 0.429. The Hall–Kier alpha value is -3.71. The molecule has 0 aliphatic heterocycles. The van der Waals surface area contributed by atoms with E-state index in [1.807, 2.05) is 6.92 Å². The van der Waals surface area contributed by atoms with Gasteiger partial charge < -0.3 is 15.2 Å². The zero-order valence-corrected chi connectivity index (χ0v) is 25.0. The lowest BCUT2D eigenvalue weighted by Crippen LogP contribution is -2.39. The van der Waals surface area contributed by atoms with E-state index in [1.54, 1.807) is 50.4 Å². The van der Waals surface area contributed by atoms with Crippen LogP contribution in [0.2, 0.25) is 25.7 Å². The van der Waals surface area contributed by atoms with Gasteiger partial charge in [0, 0.05) is 37.6 Å². The topological polar surface area (TPSA) is 107 Å². The molecular formula is C28H35F3N6O3Si. The van der Waals surface area contributed by atoms with Gasteiger partial charge >= 0.3 is 12.3 Å². The normalized spacial score (nSPS) is 12.7. The molecule has 0 bridgehead atoms. The maximum Gasteiger partial charge on any atom is 0.405 e. The largest absolute Gasteiger partial charge is 0.465 e. The molecule has 0 saturated carbocycles. The van der Waals surface area contributed by atoms with Crippen molar-refractivity contribution in [2.75, 3.05) is 6.61 Å². The fourth-order valence-corrected chi connectivity index (χ4v) is 5.41. The summed E-state index contributed by atoms with van der Waals surface area (Å²) in [6.45, 7) is 12.4. The van der Waals surface area contributed by atoms with Gasteiger partial charge in [0.25, 0.3) is 0 Å². The molecule has 13 heteroatoms. The van der Waals surface area contributed by atoms with Gasteiger partial charge in [-0.2, -0.15) is 23.4 Å². The Labute approximate surface area is 237 Å². The molecule has 0 spiro atoms. The molecule has 9 nitrogen and oxygen atoms in total. The summed E-state index contributed by atoms with van der Waals surface area (Å²) in [6, 6.07) is 9.39. The third-order valence-electron chi connectivity index (χ3n) is 6.77. The Morgan fingerprint density at radius 1 is 1.12 bits per heavy atom. The van der Waals surface area contributed by atoms with Crippen molar-refractivity contribution < 1.29 is 27.8 Å². The number of nitrogens with one attached hydrogen (secondary N) is 1. The molecule has 0 aliphatic carbocycles. The van der Waals surface area contributed by atoms with Gasteiger partial charge in [0.15, 0.2) is 5.65 Å². The molecule has 3 heterocycles. The van der Waals surface area contributed by atoms with Gasteiger partial charge in [-0.25, -0.2) is 19.0 Å². The molecule has 0 atom stereocenters. The van der Waals surface area contributed by atoms with Crippen molar-refractivity contribution in [3.63, 3.8) is 0 Å². The van der Waals surface area contributed by atoms with Crippen molar-refractivity contribution in [3.05, 3.63) is 59.5 Å². The van der Waals surface area contributed by atoms with Crippen LogP contribution in [0.3, 0.4) is 0 Å². The number of ether oxygens (including phenoxy) is 1. The van der Waals surface area contributed by atoms with Crippen LogP contribution >= 0.6 is 0 Å². The molecule has 3 aromatic heterocycles. The van der Waals surface area contributed by atoms with Crippen LogP contribution in [0.4, 0.5) is 18.0 Å². The molecule has 0 fully saturated rings. The molecule has 0 unspecified atom stereocenters. The number of aryl methyl sites for hydroxylation is 1.